The number of pyridine rings is 1. The van der Waals surface area contributed by atoms with Crippen molar-refractivity contribution in [2.45, 2.75) is 6.23 Å². The third-order valence-corrected chi connectivity index (χ3v) is 4.88. The maximum absolute atomic E-state index is 14.1. The molecule has 0 fully saturated rings. The van der Waals surface area contributed by atoms with Gasteiger partial charge in [-0.15, -0.1) is 0 Å². The molecule has 1 aromatic carbocycles. The average molecular weight is 475 g/mol. The number of hydrogen-bond acceptors (Lipinski definition) is 10. The summed E-state index contributed by atoms with van der Waals surface area (Å²) < 4.78 is 29.6. The molecule has 14 heteroatoms. The Morgan fingerprint density at radius 1 is 1.09 bits per heavy atom. The molecule has 4 rings (SSSR count). The van der Waals surface area contributed by atoms with E-state index in [9.17, 15) is 29.2 Å². The molecule has 35 heavy (non-hydrogen) atoms. The Morgan fingerprint density at radius 3 is 2.49 bits per heavy atom. The quantitative estimate of drug-likeness (QED) is 0.215. The van der Waals surface area contributed by atoms with Crippen LogP contribution in [0.15, 0.2) is 35.4 Å². The number of nitrogen functional groups attached to an aromatic ring is 2. The van der Waals surface area contributed by atoms with E-state index in [1.807, 2.05) is 0 Å². The summed E-state index contributed by atoms with van der Waals surface area (Å²) in [5.74, 6) is -3.11. The number of fused-ring (bicyclic) bond motifs is 1. The second-order valence-corrected chi connectivity index (χ2v) is 7.05. The zero-order chi connectivity index (χ0) is 25.4. The molecule has 4 aromatic rings. The minimum atomic E-state index is -1.94. The molecule has 3 aromatic heterocycles. The summed E-state index contributed by atoms with van der Waals surface area (Å²) in [6, 6.07) is 6.15. The van der Waals surface area contributed by atoms with E-state index in [0.29, 0.717) is 0 Å². The van der Waals surface area contributed by atoms with Crippen LogP contribution in [0.3, 0.4) is 0 Å². The number of rotatable bonds is 4. The number of hydrogen-bond donors (Lipinski definition) is 3. The van der Waals surface area contributed by atoms with Gasteiger partial charge in [0.05, 0.1) is 41.3 Å². The van der Waals surface area contributed by atoms with Crippen molar-refractivity contribution < 1.29 is 18.5 Å². The fraction of sp³-hybridized carbons (Fsp3) is 0.0476. The van der Waals surface area contributed by atoms with Crippen molar-refractivity contribution in [3.63, 3.8) is 0 Å². The molecule has 0 amide bonds. The Balaban J connectivity index is 2.07. The molecular weight excluding hydrogens is 462 g/mol. The molecule has 0 aliphatic heterocycles. The lowest BCUT2D eigenvalue weighted by Gasteiger charge is -2.18. The molecule has 1 unspecified atom stereocenters. The van der Waals surface area contributed by atoms with Crippen LogP contribution in [0.25, 0.3) is 16.6 Å². The Morgan fingerprint density at radius 2 is 1.83 bits per heavy atom. The van der Waals surface area contributed by atoms with Gasteiger partial charge in [-0.3, -0.25) is 14.3 Å². The fourth-order valence-electron chi connectivity index (χ4n) is 3.36. The topological polar surface area (TPSA) is 196 Å². The third kappa shape index (κ3) is 3.86. The van der Waals surface area contributed by atoms with E-state index in [-0.39, 0.29) is 45.3 Å². The highest BCUT2D eigenvalue weighted by Gasteiger charge is 2.31. The summed E-state index contributed by atoms with van der Waals surface area (Å²) in [7, 11) is 0. The molecule has 1 atom stereocenters. The Hall–Kier alpha value is -5.34. The van der Waals surface area contributed by atoms with Gasteiger partial charge >= 0.3 is 11.8 Å². The lowest BCUT2D eigenvalue weighted by molar-refractivity contribution is -0.543. The van der Waals surface area contributed by atoms with Gasteiger partial charge in [-0.1, -0.05) is 0 Å². The molecule has 0 spiro atoms. The van der Waals surface area contributed by atoms with Crippen LogP contribution < -0.4 is 17.0 Å². The summed E-state index contributed by atoms with van der Waals surface area (Å²) in [6.07, 6.45) is 0.0483. The van der Waals surface area contributed by atoms with Crippen LogP contribution in [0.4, 0.5) is 26.4 Å². The molecular formula is C21H13F2N10O2+. The molecule has 0 aliphatic carbocycles. The largest absolute Gasteiger partial charge is 0.382 e. The monoisotopic (exact) mass is 475 g/mol. The number of anilines is 2. The van der Waals surface area contributed by atoms with Crippen LogP contribution in [0.2, 0.25) is 0 Å². The zero-order valence-corrected chi connectivity index (χ0v) is 17.5. The molecule has 172 valence electrons. The lowest BCUT2D eigenvalue weighted by Crippen LogP contribution is -2.29. The fourth-order valence-corrected chi connectivity index (χ4v) is 3.36. The van der Waals surface area contributed by atoms with Gasteiger partial charge in [-0.05, 0) is 17.1 Å². The molecule has 5 N–H and O–H groups in total. The van der Waals surface area contributed by atoms with Crippen molar-refractivity contribution in [3.05, 3.63) is 69.5 Å². The van der Waals surface area contributed by atoms with E-state index >= 15 is 0 Å². The Labute approximate surface area is 194 Å². The third-order valence-electron chi connectivity index (χ3n) is 4.88. The first-order valence-electron chi connectivity index (χ1n) is 9.54. The van der Waals surface area contributed by atoms with Crippen LogP contribution in [0.5, 0.6) is 0 Å². The number of aliphatic hydroxyl groups is 1. The highest BCUT2D eigenvalue weighted by atomic mass is 19.1. The van der Waals surface area contributed by atoms with E-state index in [1.165, 1.54) is 0 Å². The SMILES string of the molecule is C=[N+](c1nc(N)nc(N)c1C#N)C(O)c1nc2c(C#N)cc(F)cc2c(=O)n1-c1cncc(F)c1. The molecule has 0 bridgehead atoms. The summed E-state index contributed by atoms with van der Waals surface area (Å²) in [4.78, 5) is 28.8. The smallest absolute Gasteiger partial charge is 0.351 e. The van der Waals surface area contributed by atoms with Crippen LogP contribution >= 0.6 is 0 Å². The van der Waals surface area contributed by atoms with Gasteiger partial charge in [0.25, 0.3) is 11.8 Å². The van der Waals surface area contributed by atoms with Crippen molar-refractivity contribution in [3.8, 4) is 17.8 Å². The Kier molecular flexibility index (Phi) is 5.58. The van der Waals surface area contributed by atoms with Crippen LogP contribution in [-0.4, -0.2) is 40.9 Å². The highest BCUT2D eigenvalue weighted by molar-refractivity contribution is 5.84. The maximum atomic E-state index is 14.1. The van der Waals surface area contributed by atoms with Gasteiger partial charge in [0.2, 0.25) is 0 Å². The molecule has 0 radical (unpaired) electrons. The van der Waals surface area contributed by atoms with Crippen molar-refractivity contribution in [2.75, 3.05) is 11.5 Å². The molecule has 12 nitrogen and oxygen atoms in total. The standard InChI is InChI=1S/C21H13F2N10O2/c1-32(17-14(6-25)16(26)30-21(27)31-17)20(35)18-29-15-9(5-24)2-10(22)4-13(15)19(34)33(18)12-3-11(23)7-28-8-12/h2-4,7-8,20,35H,1H2,(H4,26,27,30,31)/q+1. The predicted octanol–water partition coefficient (Wildman–Crippen LogP) is 0.792. The highest BCUT2D eigenvalue weighted by Crippen LogP contribution is 2.28. The van der Waals surface area contributed by atoms with Crippen molar-refractivity contribution in [1.29, 1.82) is 10.5 Å². The first-order chi connectivity index (χ1) is 16.7. The second kappa shape index (κ2) is 8.54. The number of aliphatic hydroxyl groups excluding tert-OH is 1. The van der Waals surface area contributed by atoms with Gasteiger partial charge in [0.15, 0.2) is 17.2 Å². The minimum Gasteiger partial charge on any atom is -0.382 e. The van der Waals surface area contributed by atoms with Crippen molar-refractivity contribution in [2.24, 2.45) is 0 Å². The van der Waals surface area contributed by atoms with Crippen molar-refractivity contribution in [1.82, 2.24) is 24.5 Å². The number of nitriles is 2. The van der Waals surface area contributed by atoms with Gasteiger partial charge in [0.1, 0.15) is 23.8 Å². The average Bonchev–Trinajstić information content (AvgIpc) is 2.82. The van der Waals surface area contributed by atoms with Gasteiger partial charge in [-0.2, -0.15) is 15.5 Å². The Bertz CT molecular complexity index is 1690. The number of benzene rings is 1. The van der Waals surface area contributed by atoms with Gasteiger partial charge in [0, 0.05) is 6.07 Å². The van der Waals surface area contributed by atoms with E-state index in [0.717, 1.165) is 39.7 Å². The van der Waals surface area contributed by atoms with Crippen LogP contribution in [0.1, 0.15) is 23.2 Å². The number of halogens is 2. The normalized spacial score (nSPS) is 11.6. The number of nitrogens with zero attached hydrogens (tertiary/aromatic N) is 8. The van der Waals surface area contributed by atoms with Gasteiger partial charge < -0.3 is 16.6 Å². The van der Waals surface area contributed by atoms with E-state index in [4.69, 9.17) is 11.5 Å². The van der Waals surface area contributed by atoms with E-state index in [2.05, 4.69) is 26.7 Å². The number of aromatic nitrogens is 5. The molecule has 0 saturated heterocycles. The van der Waals surface area contributed by atoms with Gasteiger partial charge in [-0.25, -0.2) is 18.3 Å². The lowest BCUT2D eigenvalue weighted by atomic mass is 10.1. The summed E-state index contributed by atoms with van der Waals surface area (Å²) >= 11 is 0. The first kappa shape index (κ1) is 22.8. The summed E-state index contributed by atoms with van der Waals surface area (Å²) in [5, 5.41) is 29.7. The summed E-state index contributed by atoms with van der Waals surface area (Å²) in [5.41, 5.74) is 9.40. The van der Waals surface area contributed by atoms with E-state index in [1.54, 1.807) is 12.1 Å². The van der Waals surface area contributed by atoms with E-state index < -0.39 is 29.2 Å². The number of nitrogens with two attached hydrogens (primary N) is 2. The zero-order valence-electron chi connectivity index (χ0n) is 17.5. The van der Waals surface area contributed by atoms with Crippen molar-refractivity contribution >= 4 is 35.2 Å². The molecule has 3 heterocycles. The minimum absolute atomic E-state index is 0.170. The first-order valence-corrected chi connectivity index (χ1v) is 9.54. The molecule has 0 aliphatic rings. The van der Waals surface area contributed by atoms with Crippen LogP contribution in [0, 0.1) is 34.3 Å². The predicted molar refractivity (Wildman–Crippen MR) is 117 cm³/mol. The second-order valence-electron chi connectivity index (χ2n) is 7.05. The van der Waals surface area contributed by atoms with Crippen LogP contribution in [-0.2, 0) is 0 Å². The maximum Gasteiger partial charge on any atom is 0.351 e. The summed E-state index contributed by atoms with van der Waals surface area (Å²) in [6.45, 7) is 3.65. The molecule has 0 saturated carbocycles.